The van der Waals surface area contributed by atoms with Gasteiger partial charge >= 0.3 is 0 Å². The largest absolute Gasteiger partial charge is 0.345 e. The zero-order valence-electron chi connectivity index (χ0n) is 17.4. The summed E-state index contributed by atoms with van der Waals surface area (Å²) in [5.41, 5.74) is 0.962. The second kappa shape index (κ2) is 10.3. The third-order valence-corrected chi connectivity index (χ3v) is 5.97. The summed E-state index contributed by atoms with van der Waals surface area (Å²) < 4.78 is 2.35. The first-order valence-electron chi connectivity index (χ1n) is 9.54. The maximum absolute atomic E-state index is 13.8. The molecule has 0 aliphatic heterocycles. The third-order valence-electron chi connectivity index (χ3n) is 4.47. The van der Waals surface area contributed by atoms with Gasteiger partial charge < -0.3 is 9.80 Å². The Labute approximate surface area is 212 Å². The molecule has 0 saturated carbocycles. The van der Waals surface area contributed by atoms with Crippen molar-refractivity contribution in [2.75, 3.05) is 25.5 Å². The molecular weight excluding hydrogens is 585 g/mol. The van der Waals surface area contributed by atoms with Crippen molar-refractivity contribution in [3.05, 3.63) is 66.9 Å². The number of benzene rings is 1. The normalized spacial score (nSPS) is 10.8. The van der Waals surface area contributed by atoms with E-state index in [-0.39, 0.29) is 17.5 Å². The topological polar surface area (TPSA) is 71.3 Å². The zero-order chi connectivity index (χ0) is 23.6. The van der Waals surface area contributed by atoms with E-state index in [1.165, 1.54) is 14.5 Å². The van der Waals surface area contributed by atoms with Crippen LogP contribution >= 0.6 is 55.1 Å². The molecule has 0 aliphatic rings. The number of carbonyl (C=O) groups excluding carboxylic acids is 2. The van der Waals surface area contributed by atoms with Gasteiger partial charge in [-0.15, -0.1) is 0 Å². The van der Waals surface area contributed by atoms with Crippen molar-refractivity contribution in [3.63, 3.8) is 0 Å². The summed E-state index contributed by atoms with van der Waals surface area (Å²) >= 11 is 19.4. The fraction of sp³-hybridized carbons (Fsp3) is 0.238. The maximum Gasteiger partial charge on any atom is 0.277 e. The van der Waals surface area contributed by atoms with Crippen LogP contribution in [-0.4, -0.2) is 52.1 Å². The Bertz CT molecular complexity index is 1180. The summed E-state index contributed by atoms with van der Waals surface area (Å²) in [6.45, 7) is 2.30. The SMILES string of the molecule is CCCN(C(=O)c1cc(Br)nn1-c1ncccc1Cl)c1c(Br)cc(Cl)cc1C(=O)N(C)C. The molecule has 3 rings (SSSR count). The van der Waals surface area contributed by atoms with Crippen LogP contribution in [0.5, 0.6) is 0 Å². The molecule has 0 aliphatic carbocycles. The second-order valence-electron chi connectivity index (χ2n) is 7.01. The summed E-state index contributed by atoms with van der Waals surface area (Å²) in [4.78, 5) is 34.0. The van der Waals surface area contributed by atoms with Gasteiger partial charge in [-0.3, -0.25) is 9.59 Å². The van der Waals surface area contributed by atoms with Crippen molar-refractivity contribution in [2.45, 2.75) is 13.3 Å². The number of amides is 2. The highest BCUT2D eigenvalue weighted by Gasteiger charge is 2.29. The Morgan fingerprint density at radius 2 is 1.84 bits per heavy atom. The van der Waals surface area contributed by atoms with E-state index in [9.17, 15) is 9.59 Å². The van der Waals surface area contributed by atoms with E-state index in [0.717, 1.165) is 0 Å². The monoisotopic (exact) mass is 601 g/mol. The first kappa shape index (κ1) is 24.7. The molecule has 2 aromatic heterocycles. The fourth-order valence-corrected chi connectivity index (χ4v) is 4.72. The Hall–Kier alpha value is -1.94. The molecule has 2 heterocycles. The minimum absolute atomic E-state index is 0.232. The molecule has 1 aromatic carbocycles. The molecule has 0 saturated heterocycles. The molecular formula is C21H19Br2Cl2N5O2. The van der Waals surface area contributed by atoms with Gasteiger partial charge in [-0.25, -0.2) is 9.67 Å². The Balaban J connectivity index is 2.20. The lowest BCUT2D eigenvalue weighted by Gasteiger charge is -2.27. The Morgan fingerprint density at radius 1 is 1.12 bits per heavy atom. The van der Waals surface area contributed by atoms with Gasteiger partial charge in [-0.05, 0) is 62.5 Å². The van der Waals surface area contributed by atoms with E-state index in [2.05, 4.69) is 41.9 Å². The molecule has 0 atom stereocenters. The van der Waals surface area contributed by atoms with Crippen molar-refractivity contribution in [1.29, 1.82) is 0 Å². The smallest absolute Gasteiger partial charge is 0.277 e. The van der Waals surface area contributed by atoms with Crippen LogP contribution in [0.15, 0.2) is 45.6 Å². The first-order valence-corrected chi connectivity index (χ1v) is 11.9. The molecule has 0 fully saturated rings. The van der Waals surface area contributed by atoms with Gasteiger partial charge in [0.25, 0.3) is 11.8 Å². The van der Waals surface area contributed by atoms with Gasteiger partial charge in [0.15, 0.2) is 5.82 Å². The molecule has 11 heteroatoms. The number of anilines is 1. The van der Waals surface area contributed by atoms with E-state index in [1.54, 1.807) is 50.6 Å². The molecule has 0 radical (unpaired) electrons. The highest BCUT2D eigenvalue weighted by Crippen LogP contribution is 2.36. The van der Waals surface area contributed by atoms with Crippen molar-refractivity contribution < 1.29 is 9.59 Å². The first-order chi connectivity index (χ1) is 15.1. The van der Waals surface area contributed by atoms with Crippen LogP contribution < -0.4 is 4.90 Å². The van der Waals surface area contributed by atoms with E-state index < -0.39 is 0 Å². The predicted octanol–water partition coefficient (Wildman–Crippen LogP) is 5.86. The van der Waals surface area contributed by atoms with Gasteiger partial charge in [-0.2, -0.15) is 5.10 Å². The molecule has 0 bridgehead atoms. The average molecular weight is 604 g/mol. The van der Waals surface area contributed by atoms with Crippen LogP contribution in [0.1, 0.15) is 34.2 Å². The molecule has 32 heavy (non-hydrogen) atoms. The number of carbonyl (C=O) groups is 2. The third kappa shape index (κ3) is 5.01. The van der Waals surface area contributed by atoms with Crippen molar-refractivity contribution >= 4 is 72.6 Å². The Morgan fingerprint density at radius 3 is 2.47 bits per heavy atom. The van der Waals surface area contributed by atoms with Crippen LogP contribution in [0.3, 0.4) is 0 Å². The molecule has 2 amide bonds. The maximum atomic E-state index is 13.8. The van der Waals surface area contributed by atoms with Crippen LogP contribution in [0.2, 0.25) is 10.0 Å². The lowest BCUT2D eigenvalue weighted by atomic mass is 10.1. The van der Waals surface area contributed by atoms with Crippen LogP contribution in [-0.2, 0) is 0 Å². The number of nitrogens with zero attached hydrogens (tertiary/aromatic N) is 5. The van der Waals surface area contributed by atoms with Gasteiger partial charge in [0.2, 0.25) is 0 Å². The summed E-state index contributed by atoms with van der Waals surface area (Å²) in [5.74, 6) is -0.332. The van der Waals surface area contributed by atoms with Gasteiger partial charge in [-0.1, -0.05) is 30.1 Å². The number of pyridine rings is 1. The number of hydrogen-bond acceptors (Lipinski definition) is 4. The standard InChI is InChI=1S/C21H19Br2Cl2N5O2/c1-4-8-29(18-13(20(31)28(2)3)9-12(24)10-14(18)22)21(32)16-11-17(23)27-30(16)19-15(25)6-5-7-26-19/h5-7,9-11H,4,8H2,1-3H3. The van der Waals surface area contributed by atoms with Crippen molar-refractivity contribution in [1.82, 2.24) is 19.7 Å². The number of halogens is 4. The summed E-state index contributed by atoms with van der Waals surface area (Å²) in [5, 5.41) is 5.07. The minimum atomic E-state index is -0.373. The zero-order valence-corrected chi connectivity index (χ0v) is 22.1. The second-order valence-corrected chi connectivity index (χ2v) is 9.52. The van der Waals surface area contributed by atoms with Crippen molar-refractivity contribution in [3.8, 4) is 5.82 Å². The van der Waals surface area contributed by atoms with Crippen molar-refractivity contribution in [2.24, 2.45) is 0 Å². The summed E-state index contributed by atoms with van der Waals surface area (Å²) in [7, 11) is 3.28. The molecule has 0 spiro atoms. The highest BCUT2D eigenvalue weighted by atomic mass is 79.9. The number of hydrogen-bond donors (Lipinski definition) is 0. The molecule has 0 unspecified atom stereocenters. The van der Waals surface area contributed by atoms with Crippen LogP contribution in [0, 0.1) is 0 Å². The Kier molecular flexibility index (Phi) is 7.97. The number of rotatable bonds is 6. The van der Waals surface area contributed by atoms with Gasteiger partial charge in [0.05, 0.1) is 16.3 Å². The molecule has 168 valence electrons. The fourth-order valence-electron chi connectivity index (χ4n) is 3.12. The minimum Gasteiger partial charge on any atom is -0.345 e. The van der Waals surface area contributed by atoms with E-state index >= 15 is 0 Å². The van der Waals surface area contributed by atoms with E-state index in [0.29, 0.717) is 49.2 Å². The van der Waals surface area contributed by atoms with Crippen LogP contribution in [0.4, 0.5) is 5.69 Å². The van der Waals surface area contributed by atoms with E-state index in [1.807, 2.05) is 6.92 Å². The van der Waals surface area contributed by atoms with E-state index in [4.69, 9.17) is 23.2 Å². The molecule has 3 aromatic rings. The lowest BCUT2D eigenvalue weighted by molar-refractivity contribution is 0.0828. The van der Waals surface area contributed by atoms with Gasteiger partial charge in [0.1, 0.15) is 10.3 Å². The van der Waals surface area contributed by atoms with Crippen LogP contribution in [0.25, 0.3) is 5.82 Å². The average Bonchev–Trinajstić information content (AvgIpc) is 3.12. The predicted molar refractivity (Wildman–Crippen MR) is 133 cm³/mol. The lowest BCUT2D eigenvalue weighted by Crippen LogP contribution is -2.36. The molecule has 0 N–H and O–H groups in total. The van der Waals surface area contributed by atoms with Gasteiger partial charge in [0, 0.05) is 42.4 Å². The summed E-state index contributed by atoms with van der Waals surface area (Å²) in [6.07, 6.45) is 2.22. The quantitative estimate of drug-likeness (QED) is 0.354. The molecule has 7 nitrogen and oxygen atoms in total. The summed E-state index contributed by atoms with van der Waals surface area (Å²) in [6, 6.07) is 8.17. The highest BCUT2D eigenvalue weighted by molar-refractivity contribution is 9.10. The number of aromatic nitrogens is 3.